The van der Waals surface area contributed by atoms with Crippen LogP contribution < -0.4 is 5.32 Å². The molecule has 1 aliphatic heterocycles. The fourth-order valence-corrected chi connectivity index (χ4v) is 4.69. The zero-order valence-electron chi connectivity index (χ0n) is 19.5. The van der Waals surface area contributed by atoms with Crippen molar-refractivity contribution in [2.75, 3.05) is 5.32 Å². The second kappa shape index (κ2) is 8.42. The van der Waals surface area contributed by atoms with Crippen LogP contribution in [-0.4, -0.2) is 21.7 Å². The molecule has 4 rings (SSSR count). The average molecular weight is 470 g/mol. The van der Waals surface area contributed by atoms with Gasteiger partial charge in [0.25, 0.3) is 0 Å². The summed E-state index contributed by atoms with van der Waals surface area (Å²) in [6.45, 7) is 7.49. The molecule has 0 fully saturated rings. The van der Waals surface area contributed by atoms with E-state index in [9.17, 15) is 22.8 Å². The first-order chi connectivity index (χ1) is 15.9. The molecule has 2 heterocycles. The van der Waals surface area contributed by atoms with Crippen LogP contribution in [0.15, 0.2) is 65.6 Å². The maximum absolute atomic E-state index is 13.4. The van der Waals surface area contributed by atoms with Crippen molar-refractivity contribution in [3.05, 3.63) is 82.3 Å². The lowest BCUT2D eigenvalue weighted by Gasteiger charge is -2.42. The number of nitrogens with zero attached hydrogens (tertiary/aromatic N) is 2. The molecule has 2 amide bonds. The van der Waals surface area contributed by atoms with Crippen LogP contribution in [0.4, 0.5) is 23.8 Å². The van der Waals surface area contributed by atoms with Gasteiger partial charge in [-0.2, -0.15) is 13.2 Å². The van der Waals surface area contributed by atoms with Crippen molar-refractivity contribution in [1.82, 2.24) is 9.88 Å². The number of aryl methyl sites for hydroxylation is 1. The minimum absolute atomic E-state index is 0.163. The molecule has 2 aromatic rings. The van der Waals surface area contributed by atoms with Gasteiger partial charge in [-0.05, 0) is 55.0 Å². The van der Waals surface area contributed by atoms with Crippen molar-refractivity contribution < 1.29 is 22.8 Å². The average Bonchev–Trinajstić information content (AvgIpc) is 2.71. The third-order valence-corrected chi connectivity index (χ3v) is 6.16. The van der Waals surface area contributed by atoms with E-state index in [0.29, 0.717) is 34.8 Å². The summed E-state index contributed by atoms with van der Waals surface area (Å²) in [6.07, 6.45) is -0.530. The minimum atomic E-state index is -4.49. The molecule has 1 aliphatic carbocycles. The number of pyridine rings is 1. The van der Waals surface area contributed by atoms with Crippen molar-refractivity contribution in [2.45, 2.75) is 52.6 Å². The highest BCUT2D eigenvalue weighted by atomic mass is 19.4. The molecule has 1 N–H and O–H groups in total. The Morgan fingerprint density at radius 1 is 1.15 bits per heavy atom. The number of hydrogen-bond donors (Lipinski definition) is 1. The topological polar surface area (TPSA) is 62.3 Å². The largest absolute Gasteiger partial charge is 0.416 e. The second-order valence-corrected chi connectivity index (χ2v) is 9.69. The van der Waals surface area contributed by atoms with Crippen LogP contribution in [0, 0.1) is 12.3 Å². The molecule has 1 unspecified atom stereocenters. The van der Waals surface area contributed by atoms with Crippen LogP contribution in [0.25, 0.3) is 0 Å². The summed E-state index contributed by atoms with van der Waals surface area (Å²) in [5, 5.41) is 2.78. The van der Waals surface area contributed by atoms with E-state index in [1.807, 2.05) is 26.8 Å². The number of urea groups is 1. The van der Waals surface area contributed by atoms with Crippen LogP contribution in [0.1, 0.15) is 56.2 Å². The molecule has 1 aromatic heterocycles. The van der Waals surface area contributed by atoms with E-state index < -0.39 is 29.1 Å². The van der Waals surface area contributed by atoms with Crippen LogP contribution in [0.2, 0.25) is 0 Å². The maximum atomic E-state index is 13.4. The summed E-state index contributed by atoms with van der Waals surface area (Å²) in [4.78, 5) is 32.3. The molecule has 0 radical (unpaired) electrons. The summed E-state index contributed by atoms with van der Waals surface area (Å²) in [6, 6.07) is 8.11. The molecule has 2 aliphatic rings. The Bertz CT molecular complexity index is 1230. The molecule has 1 aromatic carbocycles. The minimum Gasteiger partial charge on any atom is -0.294 e. The van der Waals surface area contributed by atoms with Gasteiger partial charge in [0.1, 0.15) is 5.82 Å². The first-order valence-corrected chi connectivity index (χ1v) is 11.0. The number of allylic oxidation sites excluding steroid dienone is 4. The van der Waals surface area contributed by atoms with Crippen molar-refractivity contribution >= 4 is 17.6 Å². The number of carbonyl (C=O) groups excluding carboxylic acids is 2. The van der Waals surface area contributed by atoms with Gasteiger partial charge in [-0.25, -0.2) is 9.78 Å². The first kappa shape index (κ1) is 23.7. The Morgan fingerprint density at radius 3 is 2.56 bits per heavy atom. The van der Waals surface area contributed by atoms with E-state index in [-0.39, 0.29) is 12.2 Å². The van der Waals surface area contributed by atoms with Crippen LogP contribution in [0.5, 0.6) is 0 Å². The van der Waals surface area contributed by atoms with Gasteiger partial charge in [-0.1, -0.05) is 38.1 Å². The summed E-state index contributed by atoms with van der Waals surface area (Å²) in [5.74, 6) is -0.452. The number of Topliss-reactive ketones (excluding diaryl/α,β-unsaturated/α-hetero) is 1. The molecular formula is C26H26F3N3O2. The van der Waals surface area contributed by atoms with Gasteiger partial charge in [0, 0.05) is 35.5 Å². The van der Waals surface area contributed by atoms with E-state index in [2.05, 4.69) is 10.3 Å². The van der Waals surface area contributed by atoms with Gasteiger partial charge >= 0.3 is 12.2 Å². The SMILES string of the molecule is CC1=CC(c2cccc(C(F)(F)F)c2)C2=C(CC(C)(C)CC2=O)N1C(=O)Nc1cc(C)ccn1. The van der Waals surface area contributed by atoms with E-state index in [4.69, 9.17) is 0 Å². The monoisotopic (exact) mass is 469 g/mol. The van der Waals surface area contributed by atoms with Gasteiger partial charge < -0.3 is 0 Å². The predicted octanol–water partition coefficient (Wildman–Crippen LogP) is 6.59. The Kier molecular flexibility index (Phi) is 5.87. The molecule has 5 nitrogen and oxygen atoms in total. The summed E-state index contributed by atoms with van der Waals surface area (Å²) in [5.41, 5.74) is 1.56. The van der Waals surface area contributed by atoms with Crippen LogP contribution >= 0.6 is 0 Å². The van der Waals surface area contributed by atoms with Crippen LogP contribution in [-0.2, 0) is 11.0 Å². The van der Waals surface area contributed by atoms with E-state index in [1.54, 1.807) is 31.3 Å². The molecule has 8 heteroatoms. The third kappa shape index (κ3) is 4.62. The number of carbonyl (C=O) groups is 2. The van der Waals surface area contributed by atoms with Crippen molar-refractivity contribution in [1.29, 1.82) is 0 Å². The standard InChI is InChI=1S/C26H26F3N3O2/c1-15-8-9-30-22(10-15)31-24(34)32-16(2)11-19(17-6-5-7-18(12-17)26(27,28)29)23-20(32)13-25(3,4)14-21(23)33/h5-12,19H,13-14H2,1-4H3,(H,30,31,34). The zero-order valence-corrected chi connectivity index (χ0v) is 19.5. The number of anilines is 1. The third-order valence-electron chi connectivity index (χ3n) is 6.16. The van der Waals surface area contributed by atoms with Crippen LogP contribution in [0.3, 0.4) is 0 Å². The number of alkyl halides is 3. The lowest BCUT2D eigenvalue weighted by Crippen LogP contribution is -2.42. The molecular weight excluding hydrogens is 443 g/mol. The fraction of sp³-hybridized carbons (Fsp3) is 0.346. The number of aromatic nitrogens is 1. The van der Waals surface area contributed by atoms with Crippen molar-refractivity contribution in [2.24, 2.45) is 5.41 Å². The lowest BCUT2D eigenvalue weighted by atomic mass is 9.70. The van der Waals surface area contributed by atoms with E-state index >= 15 is 0 Å². The number of benzene rings is 1. The Labute approximate surface area is 196 Å². The molecule has 0 spiro atoms. The number of rotatable bonds is 2. The van der Waals surface area contributed by atoms with Crippen molar-refractivity contribution in [3.63, 3.8) is 0 Å². The molecule has 34 heavy (non-hydrogen) atoms. The predicted molar refractivity (Wildman–Crippen MR) is 123 cm³/mol. The highest BCUT2D eigenvalue weighted by Gasteiger charge is 2.43. The maximum Gasteiger partial charge on any atom is 0.416 e. The Morgan fingerprint density at radius 2 is 1.88 bits per heavy atom. The highest BCUT2D eigenvalue weighted by Crippen LogP contribution is 2.47. The quantitative estimate of drug-likeness (QED) is 0.540. The summed E-state index contributed by atoms with van der Waals surface area (Å²) >= 11 is 0. The molecule has 1 atom stereocenters. The summed E-state index contributed by atoms with van der Waals surface area (Å²) < 4.78 is 40.1. The fourth-order valence-electron chi connectivity index (χ4n) is 4.69. The van der Waals surface area contributed by atoms with Gasteiger partial charge in [0.15, 0.2) is 5.78 Å². The normalized spacial score (nSPS) is 20.1. The van der Waals surface area contributed by atoms with E-state index in [1.165, 1.54) is 11.0 Å². The molecule has 0 bridgehead atoms. The van der Waals surface area contributed by atoms with Gasteiger partial charge in [0.05, 0.1) is 5.56 Å². The Hall–Kier alpha value is -3.42. The smallest absolute Gasteiger partial charge is 0.294 e. The van der Waals surface area contributed by atoms with Gasteiger partial charge in [-0.3, -0.25) is 15.0 Å². The van der Waals surface area contributed by atoms with Crippen molar-refractivity contribution in [3.8, 4) is 0 Å². The number of ketones is 1. The molecule has 0 saturated heterocycles. The lowest BCUT2D eigenvalue weighted by molar-refractivity contribution is -0.137. The number of nitrogens with one attached hydrogen (secondary N) is 1. The molecule has 0 saturated carbocycles. The number of halogens is 3. The number of amides is 2. The zero-order chi connectivity index (χ0) is 24.8. The molecule has 178 valence electrons. The van der Waals surface area contributed by atoms with Gasteiger partial charge in [0.2, 0.25) is 0 Å². The summed E-state index contributed by atoms with van der Waals surface area (Å²) in [7, 11) is 0. The highest BCUT2D eigenvalue weighted by molar-refractivity contribution is 6.02. The Balaban J connectivity index is 1.79. The van der Waals surface area contributed by atoms with Gasteiger partial charge in [-0.15, -0.1) is 0 Å². The second-order valence-electron chi connectivity index (χ2n) is 9.69. The number of hydrogen-bond acceptors (Lipinski definition) is 3. The van der Waals surface area contributed by atoms with E-state index in [0.717, 1.165) is 17.7 Å². The first-order valence-electron chi connectivity index (χ1n) is 11.0.